The summed E-state index contributed by atoms with van der Waals surface area (Å²) in [6, 6.07) is 6.55. The molecule has 6 heteroatoms. The molecule has 3 aliphatic rings. The molecule has 0 spiro atoms. The van der Waals surface area contributed by atoms with Gasteiger partial charge in [-0.2, -0.15) is 0 Å². The van der Waals surface area contributed by atoms with Crippen LogP contribution < -0.4 is 10.1 Å². The number of nitrogens with one attached hydrogen (secondary N) is 1. The monoisotopic (exact) mass is 411 g/mol. The Kier molecular flexibility index (Phi) is 4.54. The van der Waals surface area contributed by atoms with Gasteiger partial charge in [0.1, 0.15) is 17.7 Å². The quantitative estimate of drug-likeness (QED) is 0.587. The van der Waals surface area contributed by atoms with Gasteiger partial charge in [-0.15, -0.1) is 11.3 Å². The fourth-order valence-electron chi connectivity index (χ4n) is 4.79. The molecular weight excluding hydrogens is 389 g/mol. The Bertz CT molecular complexity index is 1030. The zero-order chi connectivity index (χ0) is 20.1. The molecule has 2 aromatic rings. The minimum atomic E-state index is -0.321. The van der Waals surface area contributed by atoms with Crippen LogP contribution >= 0.6 is 11.3 Å². The number of hydrogen-bond acceptors (Lipinski definition) is 4. The average Bonchev–Trinajstić information content (AvgIpc) is 3.48. The number of carbonyl (C=O) groups excluding carboxylic acids is 2. The van der Waals surface area contributed by atoms with E-state index in [-0.39, 0.29) is 29.5 Å². The van der Waals surface area contributed by atoms with E-state index in [0.717, 1.165) is 23.3 Å². The van der Waals surface area contributed by atoms with Gasteiger partial charge >= 0.3 is 0 Å². The number of carbonyl (C=O) groups is 2. The Morgan fingerprint density at radius 3 is 2.79 bits per heavy atom. The smallest absolute Gasteiger partial charge is 0.223 e. The number of thiophene rings is 1. The number of hydrogen-bond donors (Lipinski definition) is 1. The highest BCUT2D eigenvalue weighted by Crippen LogP contribution is 2.44. The molecule has 2 bridgehead atoms. The second-order valence-electron chi connectivity index (χ2n) is 8.24. The third-order valence-electron chi connectivity index (χ3n) is 6.20. The predicted octanol–water partition coefficient (Wildman–Crippen LogP) is 4.39. The maximum Gasteiger partial charge on any atom is 0.223 e. The van der Waals surface area contributed by atoms with Crippen LogP contribution in [0.15, 0.2) is 36.4 Å². The molecule has 1 N–H and O–H groups in total. The van der Waals surface area contributed by atoms with Crippen LogP contribution in [0.3, 0.4) is 0 Å². The highest BCUT2D eigenvalue weighted by Gasteiger charge is 2.40. The van der Waals surface area contributed by atoms with E-state index in [1.54, 1.807) is 6.07 Å². The van der Waals surface area contributed by atoms with E-state index in [2.05, 4.69) is 17.5 Å². The van der Waals surface area contributed by atoms with Crippen LogP contribution in [0.1, 0.15) is 35.0 Å². The summed E-state index contributed by atoms with van der Waals surface area (Å²) >= 11 is 1.34. The molecule has 1 amide bonds. The van der Waals surface area contributed by atoms with Gasteiger partial charge in [0.2, 0.25) is 5.91 Å². The predicted molar refractivity (Wildman–Crippen MR) is 110 cm³/mol. The van der Waals surface area contributed by atoms with E-state index in [1.165, 1.54) is 30.4 Å². The number of halogens is 1. The summed E-state index contributed by atoms with van der Waals surface area (Å²) in [4.78, 5) is 25.6. The molecule has 4 nitrogen and oxygen atoms in total. The molecule has 150 valence electrons. The summed E-state index contributed by atoms with van der Waals surface area (Å²) in [6.07, 6.45) is 6.77. The summed E-state index contributed by atoms with van der Waals surface area (Å²) in [7, 11) is 0. The third kappa shape index (κ3) is 3.39. The summed E-state index contributed by atoms with van der Waals surface area (Å²) in [5.74, 6) is 1.42. The topological polar surface area (TPSA) is 55.4 Å². The maximum absolute atomic E-state index is 14.2. The Morgan fingerprint density at radius 2 is 2.10 bits per heavy atom. The van der Waals surface area contributed by atoms with Crippen molar-refractivity contribution < 1.29 is 18.7 Å². The third-order valence-corrected chi connectivity index (χ3v) is 7.42. The molecule has 4 atom stereocenters. The van der Waals surface area contributed by atoms with Crippen LogP contribution in [0.4, 0.5) is 4.39 Å². The number of allylic oxidation sites excluding steroid dienone is 2. The van der Waals surface area contributed by atoms with E-state index >= 15 is 0 Å². The summed E-state index contributed by atoms with van der Waals surface area (Å²) in [6.45, 7) is 1.93. The van der Waals surface area contributed by atoms with E-state index in [9.17, 15) is 14.0 Å². The van der Waals surface area contributed by atoms with Crippen LogP contribution in [0.5, 0.6) is 5.75 Å². The Labute approximate surface area is 172 Å². The fourth-order valence-corrected chi connectivity index (χ4v) is 5.71. The van der Waals surface area contributed by atoms with E-state index < -0.39 is 0 Å². The molecule has 1 unspecified atom stereocenters. The molecule has 5 rings (SSSR count). The number of amides is 1. The van der Waals surface area contributed by atoms with Crippen LogP contribution in [0.2, 0.25) is 0 Å². The van der Waals surface area contributed by atoms with E-state index in [4.69, 9.17) is 4.74 Å². The van der Waals surface area contributed by atoms with Crippen molar-refractivity contribution in [2.45, 2.75) is 32.3 Å². The fraction of sp³-hybridized carbons (Fsp3) is 0.391. The zero-order valence-electron chi connectivity index (χ0n) is 16.1. The SMILES string of the molecule is CC(=O)c1ccc(-c2cc(F)cc3c2OC(CNC(=O)[C@@H]2C[C@@H]4C=C[C@H]2C4)C3)s1. The van der Waals surface area contributed by atoms with E-state index in [0.29, 0.717) is 41.0 Å². The largest absolute Gasteiger partial charge is 0.487 e. The van der Waals surface area contributed by atoms with Crippen molar-refractivity contribution in [2.75, 3.05) is 6.54 Å². The highest BCUT2D eigenvalue weighted by atomic mass is 32.1. The zero-order valence-corrected chi connectivity index (χ0v) is 16.9. The minimum absolute atomic E-state index is 0.00809. The summed E-state index contributed by atoms with van der Waals surface area (Å²) in [5, 5.41) is 3.05. The molecule has 1 aliphatic heterocycles. The van der Waals surface area contributed by atoms with Crippen molar-refractivity contribution in [3.05, 3.63) is 52.7 Å². The molecule has 0 radical (unpaired) electrons. The Morgan fingerprint density at radius 1 is 1.24 bits per heavy atom. The Balaban J connectivity index is 1.29. The molecule has 1 aromatic carbocycles. The van der Waals surface area contributed by atoms with Crippen LogP contribution in [0.25, 0.3) is 10.4 Å². The van der Waals surface area contributed by atoms with Gasteiger partial charge < -0.3 is 10.1 Å². The number of ether oxygens (including phenoxy) is 1. The number of rotatable bonds is 5. The first-order valence-electron chi connectivity index (χ1n) is 10.0. The van der Waals surface area contributed by atoms with Gasteiger partial charge in [-0.3, -0.25) is 9.59 Å². The van der Waals surface area contributed by atoms with Crippen LogP contribution in [-0.2, 0) is 11.2 Å². The maximum atomic E-state index is 14.2. The normalized spacial score (nSPS) is 26.4. The van der Waals surface area contributed by atoms with Gasteiger partial charge in [-0.05, 0) is 55.9 Å². The van der Waals surface area contributed by atoms with Gasteiger partial charge in [0.15, 0.2) is 5.78 Å². The van der Waals surface area contributed by atoms with Crippen molar-refractivity contribution in [3.8, 4) is 16.2 Å². The van der Waals surface area contributed by atoms with Crippen molar-refractivity contribution in [3.63, 3.8) is 0 Å². The van der Waals surface area contributed by atoms with Crippen molar-refractivity contribution in [2.24, 2.45) is 17.8 Å². The van der Waals surface area contributed by atoms with Crippen molar-refractivity contribution in [1.29, 1.82) is 0 Å². The lowest BCUT2D eigenvalue weighted by Crippen LogP contribution is -2.39. The molecule has 2 heterocycles. The molecule has 2 aliphatic carbocycles. The number of ketones is 1. The lowest BCUT2D eigenvalue weighted by Gasteiger charge is -2.19. The molecule has 1 fully saturated rings. The number of benzene rings is 1. The lowest BCUT2D eigenvalue weighted by atomic mass is 9.93. The molecule has 1 aromatic heterocycles. The molecule has 1 saturated carbocycles. The van der Waals surface area contributed by atoms with Crippen LogP contribution in [-0.4, -0.2) is 24.3 Å². The molecule has 0 saturated heterocycles. The molecular formula is C23H22FNO3S. The first-order chi connectivity index (χ1) is 14.0. The van der Waals surface area contributed by atoms with E-state index in [1.807, 2.05) is 6.07 Å². The standard InChI is InChI=1S/C23H22FNO3S/c1-12(26)20-4-5-21(29-20)19-10-16(24)8-15-9-17(28-22(15)19)11-25-23(27)18-7-13-2-3-14(18)6-13/h2-5,8,10,13-14,17-18H,6-7,9,11H2,1H3,(H,25,27)/t13-,14+,17?,18-/m1/s1. The average molecular weight is 411 g/mol. The second kappa shape index (κ2) is 7.10. The second-order valence-corrected chi connectivity index (χ2v) is 9.32. The van der Waals surface area contributed by atoms with Gasteiger partial charge in [0.05, 0.1) is 11.4 Å². The van der Waals surface area contributed by atoms with Gasteiger partial charge in [0.25, 0.3) is 0 Å². The van der Waals surface area contributed by atoms with Crippen LogP contribution in [0, 0.1) is 23.6 Å². The Hall–Kier alpha value is -2.47. The first-order valence-corrected chi connectivity index (χ1v) is 10.9. The van der Waals surface area contributed by atoms with Crippen molar-refractivity contribution in [1.82, 2.24) is 5.32 Å². The highest BCUT2D eigenvalue weighted by molar-refractivity contribution is 7.17. The first kappa shape index (κ1) is 18.6. The van der Waals surface area contributed by atoms with Gasteiger partial charge in [0, 0.05) is 28.3 Å². The minimum Gasteiger partial charge on any atom is -0.487 e. The number of fused-ring (bicyclic) bond motifs is 3. The summed E-state index contributed by atoms with van der Waals surface area (Å²) in [5.41, 5.74) is 1.48. The lowest BCUT2D eigenvalue weighted by molar-refractivity contribution is -0.126. The van der Waals surface area contributed by atoms with Gasteiger partial charge in [-0.25, -0.2) is 4.39 Å². The number of Topliss-reactive ketones (excluding diaryl/α,β-unsaturated/α-hetero) is 1. The van der Waals surface area contributed by atoms with Crippen molar-refractivity contribution >= 4 is 23.0 Å². The summed E-state index contributed by atoms with van der Waals surface area (Å²) < 4.78 is 20.3. The van der Waals surface area contributed by atoms with Gasteiger partial charge in [-0.1, -0.05) is 12.2 Å². The molecule has 29 heavy (non-hydrogen) atoms.